The number of hydrogen-bond acceptors (Lipinski definition) is 3. The summed E-state index contributed by atoms with van der Waals surface area (Å²) in [6.07, 6.45) is -0.444. The predicted octanol–water partition coefficient (Wildman–Crippen LogP) is -0.910. The van der Waals surface area contributed by atoms with E-state index in [0.29, 0.717) is 13.1 Å². The predicted molar refractivity (Wildman–Crippen MR) is 28.0 cm³/mol. The molecule has 0 aromatic heterocycles. The fraction of sp³-hybridized carbons (Fsp3) is 0.800. The number of nitrogens with zero attached hydrogens (tertiary/aromatic N) is 1. The van der Waals surface area contributed by atoms with E-state index in [-0.39, 0.29) is 5.92 Å². The minimum Gasteiger partial charge on any atom is -0.390 e. The molecule has 1 heterocycles. The lowest BCUT2D eigenvalue weighted by molar-refractivity contribution is 0.170. The lowest BCUT2D eigenvalue weighted by atomic mass is 10.1. The third kappa shape index (κ3) is 0.808. The highest BCUT2D eigenvalue weighted by Crippen LogP contribution is 2.05. The summed E-state index contributed by atoms with van der Waals surface area (Å²) >= 11 is 0. The molecule has 1 fully saturated rings. The van der Waals surface area contributed by atoms with Crippen LogP contribution in [0.2, 0.25) is 0 Å². The van der Waals surface area contributed by atoms with Crippen molar-refractivity contribution in [2.24, 2.45) is 5.92 Å². The Morgan fingerprint density at radius 2 is 2.38 bits per heavy atom. The van der Waals surface area contributed by atoms with Gasteiger partial charge < -0.3 is 10.4 Å². The van der Waals surface area contributed by atoms with Crippen LogP contribution in [-0.4, -0.2) is 24.3 Å². The van der Waals surface area contributed by atoms with E-state index in [9.17, 15) is 0 Å². The molecule has 44 valence electrons. The van der Waals surface area contributed by atoms with Gasteiger partial charge in [-0.25, -0.2) is 0 Å². The maximum absolute atomic E-state index is 8.90. The Kier molecular flexibility index (Phi) is 1.47. The van der Waals surface area contributed by atoms with E-state index in [1.165, 1.54) is 0 Å². The van der Waals surface area contributed by atoms with Crippen molar-refractivity contribution in [1.29, 1.82) is 5.26 Å². The van der Waals surface area contributed by atoms with Crippen LogP contribution in [0, 0.1) is 17.2 Å². The fourth-order valence-electron chi connectivity index (χ4n) is 0.797. The second kappa shape index (κ2) is 2.12. The van der Waals surface area contributed by atoms with Crippen LogP contribution >= 0.6 is 0 Å². The first-order valence-corrected chi connectivity index (χ1v) is 2.63. The topological polar surface area (TPSA) is 56.0 Å². The summed E-state index contributed by atoms with van der Waals surface area (Å²) in [5, 5.41) is 20.1. The first-order valence-electron chi connectivity index (χ1n) is 2.63. The molecule has 0 aromatic carbocycles. The molecule has 2 atom stereocenters. The molecule has 1 aliphatic rings. The molecule has 0 amide bonds. The zero-order chi connectivity index (χ0) is 5.98. The fourth-order valence-corrected chi connectivity index (χ4v) is 0.797. The van der Waals surface area contributed by atoms with Gasteiger partial charge in [0.05, 0.1) is 18.1 Å². The number of rotatable bonds is 0. The van der Waals surface area contributed by atoms with Gasteiger partial charge in [0.15, 0.2) is 0 Å². The van der Waals surface area contributed by atoms with E-state index in [2.05, 4.69) is 5.32 Å². The third-order valence-corrected chi connectivity index (χ3v) is 1.35. The van der Waals surface area contributed by atoms with Crippen molar-refractivity contribution in [2.45, 2.75) is 6.10 Å². The summed E-state index contributed by atoms with van der Waals surface area (Å²) in [5.74, 6) is -0.185. The first kappa shape index (κ1) is 5.54. The number of aliphatic hydroxyl groups excluding tert-OH is 1. The molecule has 3 nitrogen and oxygen atoms in total. The van der Waals surface area contributed by atoms with Gasteiger partial charge in [-0.1, -0.05) is 0 Å². The van der Waals surface area contributed by atoms with Gasteiger partial charge in [-0.2, -0.15) is 5.26 Å². The highest BCUT2D eigenvalue weighted by Gasteiger charge is 2.23. The van der Waals surface area contributed by atoms with Crippen LogP contribution in [-0.2, 0) is 0 Å². The highest BCUT2D eigenvalue weighted by molar-refractivity contribution is 4.94. The molecule has 0 unspecified atom stereocenters. The van der Waals surface area contributed by atoms with Gasteiger partial charge in [-0.05, 0) is 0 Å². The Bertz CT molecular complexity index is 118. The van der Waals surface area contributed by atoms with E-state index in [1.54, 1.807) is 0 Å². The number of β-amino-alcohol motifs (C(OH)–C–C–N with tert-alkyl or cyclic N) is 1. The summed E-state index contributed by atoms with van der Waals surface area (Å²) in [7, 11) is 0. The van der Waals surface area contributed by atoms with Crippen molar-refractivity contribution in [1.82, 2.24) is 5.32 Å². The van der Waals surface area contributed by atoms with Crippen LogP contribution in [0.15, 0.2) is 0 Å². The molecule has 1 rings (SSSR count). The van der Waals surface area contributed by atoms with Crippen LogP contribution in [0.4, 0.5) is 0 Å². The van der Waals surface area contributed by atoms with E-state index < -0.39 is 6.10 Å². The van der Waals surface area contributed by atoms with Crippen molar-refractivity contribution in [3.05, 3.63) is 0 Å². The molecular weight excluding hydrogens is 104 g/mol. The van der Waals surface area contributed by atoms with Crippen LogP contribution < -0.4 is 5.32 Å². The Morgan fingerprint density at radius 1 is 1.62 bits per heavy atom. The number of nitriles is 1. The Balaban J connectivity index is 2.45. The summed E-state index contributed by atoms with van der Waals surface area (Å²) in [4.78, 5) is 0. The summed E-state index contributed by atoms with van der Waals surface area (Å²) in [5.41, 5.74) is 0. The largest absolute Gasteiger partial charge is 0.390 e. The average molecular weight is 112 g/mol. The highest BCUT2D eigenvalue weighted by atomic mass is 16.3. The molecule has 0 aliphatic carbocycles. The molecular formula is C5H8N2O. The molecule has 1 saturated heterocycles. The molecule has 0 spiro atoms. The Hall–Kier alpha value is -0.590. The van der Waals surface area contributed by atoms with Crippen molar-refractivity contribution in [2.75, 3.05) is 13.1 Å². The molecule has 0 bridgehead atoms. The van der Waals surface area contributed by atoms with E-state index in [0.717, 1.165) is 0 Å². The molecule has 3 heteroatoms. The first-order chi connectivity index (χ1) is 3.84. The quantitative estimate of drug-likeness (QED) is 0.426. The lowest BCUT2D eigenvalue weighted by Gasteiger charge is -1.99. The van der Waals surface area contributed by atoms with Gasteiger partial charge in [0.25, 0.3) is 0 Å². The summed E-state index contributed by atoms with van der Waals surface area (Å²) < 4.78 is 0. The maximum Gasteiger partial charge on any atom is 0.0859 e. The van der Waals surface area contributed by atoms with Crippen LogP contribution in [0.1, 0.15) is 0 Å². The van der Waals surface area contributed by atoms with Crippen molar-refractivity contribution < 1.29 is 5.11 Å². The smallest absolute Gasteiger partial charge is 0.0859 e. The van der Waals surface area contributed by atoms with Crippen LogP contribution in [0.3, 0.4) is 0 Å². The minimum absolute atomic E-state index is 0.185. The molecule has 2 N–H and O–H groups in total. The summed E-state index contributed by atoms with van der Waals surface area (Å²) in [6.45, 7) is 1.20. The zero-order valence-corrected chi connectivity index (χ0v) is 4.46. The van der Waals surface area contributed by atoms with E-state index >= 15 is 0 Å². The van der Waals surface area contributed by atoms with Gasteiger partial charge in [0.2, 0.25) is 0 Å². The van der Waals surface area contributed by atoms with Gasteiger partial charge in [0, 0.05) is 13.1 Å². The zero-order valence-electron chi connectivity index (χ0n) is 4.46. The molecule has 1 aliphatic heterocycles. The maximum atomic E-state index is 8.90. The average Bonchev–Trinajstić information content (AvgIpc) is 2.14. The SMILES string of the molecule is N#C[C@H]1CNC[C@H]1O. The Labute approximate surface area is 47.9 Å². The van der Waals surface area contributed by atoms with Crippen LogP contribution in [0.25, 0.3) is 0 Å². The second-order valence-electron chi connectivity index (χ2n) is 1.96. The van der Waals surface area contributed by atoms with Gasteiger partial charge in [-0.3, -0.25) is 0 Å². The number of nitrogens with one attached hydrogen (secondary N) is 1. The van der Waals surface area contributed by atoms with Gasteiger partial charge in [0.1, 0.15) is 0 Å². The Morgan fingerprint density at radius 3 is 2.62 bits per heavy atom. The number of aliphatic hydroxyl groups is 1. The normalized spacial score (nSPS) is 37.0. The molecule has 0 radical (unpaired) electrons. The monoisotopic (exact) mass is 112 g/mol. The van der Waals surface area contributed by atoms with Gasteiger partial charge in [-0.15, -0.1) is 0 Å². The van der Waals surface area contributed by atoms with Gasteiger partial charge >= 0.3 is 0 Å². The van der Waals surface area contributed by atoms with Crippen molar-refractivity contribution in [3.8, 4) is 6.07 Å². The van der Waals surface area contributed by atoms with E-state index in [1.807, 2.05) is 6.07 Å². The lowest BCUT2D eigenvalue weighted by Crippen LogP contribution is -2.15. The second-order valence-corrected chi connectivity index (χ2v) is 1.96. The van der Waals surface area contributed by atoms with Crippen LogP contribution in [0.5, 0.6) is 0 Å². The summed E-state index contributed by atoms with van der Waals surface area (Å²) in [6, 6.07) is 2.00. The van der Waals surface area contributed by atoms with Crippen molar-refractivity contribution >= 4 is 0 Å². The van der Waals surface area contributed by atoms with Crippen molar-refractivity contribution in [3.63, 3.8) is 0 Å². The van der Waals surface area contributed by atoms with E-state index in [4.69, 9.17) is 10.4 Å². The molecule has 0 saturated carbocycles. The minimum atomic E-state index is -0.444. The number of hydrogen-bond donors (Lipinski definition) is 2. The molecule has 0 aromatic rings. The standard InChI is InChI=1S/C5H8N2O/c6-1-4-2-7-3-5(4)8/h4-5,7-8H,2-3H2/t4-,5+/m0/s1. The third-order valence-electron chi connectivity index (χ3n) is 1.35. The molecule has 8 heavy (non-hydrogen) atoms.